The summed E-state index contributed by atoms with van der Waals surface area (Å²) in [5.74, 6) is -1.85. The van der Waals surface area contributed by atoms with Gasteiger partial charge in [-0.15, -0.1) is 0 Å². The Morgan fingerprint density at radius 1 is 0.976 bits per heavy atom. The quantitative estimate of drug-likeness (QED) is 0.354. The fourth-order valence-electron chi connectivity index (χ4n) is 4.80. The second-order valence-corrected chi connectivity index (χ2v) is 11.8. The molecular weight excluding hydrogens is 552 g/mol. The molecule has 1 aliphatic rings. The Hall–Kier alpha value is -3.99. The second kappa shape index (κ2) is 13.1. The Morgan fingerprint density at radius 3 is 2.22 bits per heavy atom. The Labute approximate surface area is 239 Å². The van der Waals surface area contributed by atoms with E-state index in [1.807, 2.05) is 0 Å². The molecule has 3 aromatic carbocycles. The maximum absolute atomic E-state index is 14.7. The molecule has 8 nitrogen and oxygen atoms in total. The third-order valence-corrected chi connectivity index (χ3v) is 9.00. The van der Waals surface area contributed by atoms with Crippen molar-refractivity contribution in [3.05, 3.63) is 90.0 Å². The summed E-state index contributed by atoms with van der Waals surface area (Å²) in [6.45, 7) is 0.559. The van der Waals surface area contributed by atoms with E-state index in [2.05, 4.69) is 5.32 Å². The number of ether oxygens (including phenoxy) is 1. The molecule has 1 N–H and O–H groups in total. The van der Waals surface area contributed by atoms with Crippen molar-refractivity contribution >= 4 is 27.5 Å². The topological polar surface area (TPSA) is 96.0 Å². The number of nitrogens with one attached hydrogen (secondary N) is 1. The molecule has 2 amide bonds. The first-order valence-electron chi connectivity index (χ1n) is 13.4. The minimum Gasteiger partial charge on any atom is -0.497 e. The number of anilines is 1. The molecule has 41 heavy (non-hydrogen) atoms. The van der Waals surface area contributed by atoms with Crippen LogP contribution in [0.4, 0.5) is 14.5 Å². The lowest BCUT2D eigenvalue weighted by Gasteiger charge is -2.32. The molecule has 0 bridgehead atoms. The van der Waals surface area contributed by atoms with E-state index in [1.54, 1.807) is 6.07 Å². The normalized spacial score (nSPS) is 14.3. The zero-order valence-electron chi connectivity index (χ0n) is 22.9. The van der Waals surface area contributed by atoms with Crippen molar-refractivity contribution in [3.8, 4) is 5.75 Å². The van der Waals surface area contributed by atoms with Gasteiger partial charge < -0.3 is 15.0 Å². The minimum absolute atomic E-state index is 0.0125. The van der Waals surface area contributed by atoms with Gasteiger partial charge in [0.2, 0.25) is 11.8 Å². The highest BCUT2D eigenvalue weighted by Gasteiger charge is 2.33. The van der Waals surface area contributed by atoms with E-state index in [-0.39, 0.29) is 28.7 Å². The predicted molar refractivity (Wildman–Crippen MR) is 151 cm³/mol. The number of carbonyl (C=O) groups excluding carboxylic acids is 2. The molecular formula is C30H33F2N3O5S. The van der Waals surface area contributed by atoms with Crippen LogP contribution in [0.1, 0.15) is 38.2 Å². The van der Waals surface area contributed by atoms with Gasteiger partial charge in [-0.3, -0.25) is 13.9 Å². The van der Waals surface area contributed by atoms with Gasteiger partial charge in [0.05, 0.1) is 17.7 Å². The fraction of sp³-hybridized carbons (Fsp3) is 0.333. The summed E-state index contributed by atoms with van der Waals surface area (Å²) < 4.78 is 62.0. The van der Waals surface area contributed by atoms with Gasteiger partial charge >= 0.3 is 0 Å². The molecule has 1 fully saturated rings. The summed E-state index contributed by atoms with van der Waals surface area (Å²) >= 11 is 0. The van der Waals surface area contributed by atoms with Gasteiger partial charge in [0.1, 0.15) is 30.0 Å². The van der Waals surface area contributed by atoms with E-state index in [4.69, 9.17) is 4.74 Å². The fourth-order valence-corrected chi connectivity index (χ4v) is 6.21. The van der Waals surface area contributed by atoms with Gasteiger partial charge in [0.15, 0.2) is 0 Å². The number of rotatable bonds is 11. The van der Waals surface area contributed by atoms with Gasteiger partial charge in [0.25, 0.3) is 10.0 Å². The van der Waals surface area contributed by atoms with Crippen LogP contribution in [0, 0.1) is 11.6 Å². The number of benzene rings is 3. The van der Waals surface area contributed by atoms with Crippen molar-refractivity contribution < 1.29 is 31.5 Å². The molecule has 0 unspecified atom stereocenters. The molecule has 0 spiro atoms. The molecule has 0 radical (unpaired) electrons. The summed E-state index contributed by atoms with van der Waals surface area (Å²) in [4.78, 5) is 28.1. The van der Waals surface area contributed by atoms with Crippen LogP contribution < -0.4 is 14.4 Å². The minimum atomic E-state index is -4.33. The lowest BCUT2D eigenvalue weighted by atomic mass is 10.1. The van der Waals surface area contributed by atoms with Crippen molar-refractivity contribution in [1.29, 1.82) is 0 Å². The second-order valence-electron chi connectivity index (χ2n) is 9.94. The molecule has 4 rings (SSSR count). The predicted octanol–water partition coefficient (Wildman–Crippen LogP) is 4.64. The summed E-state index contributed by atoms with van der Waals surface area (Å²) in [5.41, 5.74) is 0.220. The highest BCUT2D eigenvalue weighted by molar-refractivity contribution is 7.92. The van der Waals surface area contributed by atoms with E-state index in [0.29, 0.717) is 5.75 Å². The van der Waals surface area contributed by atoms with Crippen LogP contribution in [0.3, 0.4) is 0 Å². The largest absolute Gasteiger partial charge is 0.497 e. The summed E-state index contributed by atoms with van der Waals surface area (Å²) in [7, 11) is -2.89. The number of hydrogen-bond acceptors (Lipinski definition) is 5. The number of sulfonamides is 1. The number of halogens is 2. The number of methoxy groups -OCH3 is 1. The highest BCUT2D eigenvalue weighted by Crippen LogP contribution is 2.26. The number of carbonyl (C=O) groups is 2. The zero-order valence-corrected chi connectivity index (χ0v) is 23.7. The van der Waals surface area contributed by atoms with E-state index in [1.165, 1.54) is 73.5 Å². The van der Waals surface area contributed by atoms with Crippen LogP contribution in [-0.2, 0) is 26.2 Å². The first-order chi connectivity index (χ1) is 19.6. The number of amides is 2. The molecule has 0 heterocycles. The van der Waals surface area contributed by atoms with E-state index < -0.39 is 46.1 Å². The highest BCUT2D eigenvalue weighted by atomic mass is 32.2. The van der Waals surface area contributed by atoms with Crippen LogP contribution in [0.2, 0.25) is 0 Å². The Balaban J connectivity index is 1.69. The average molecular weight is 586 g/mol. The summed E-state index contributed by atoms with van der Waals surface area (Å²) in [6, 6.07) is 15.1. The van der Waals surface area contributed by atoms with Crippen molar-refractivity contribution in [1.82, 2.24) is 10.2 Å². The van der Waals surface area contributed by atoms with Gasteiger partial charge in [0, 0.05) is 18.2 Å². The van der Waals surface area contributed by atoms with E-state index in [9.17, 15) is 26.8 Å². The first-order valence-corrected chi connectivity index (χ1v) is 14.8. The first kappa shape index (κ1) is 30.0. The van der Waals surface area contributed by atoms with Crippen molar-refractivity contribution in [2.75, 3.05) is 18.0 Å². The van der Waals surface area contributed by atoms with Crippen molar-refractivity contribution in [3.63, 3.8) is 0 Å². The van der Waals surface area contributed by atoms with Crippen molar-refractivity contribution in [2.24, 2.45) is 0 Å². The SMILES string of the molecule is COc1ccc(S(=O)(=O)N(CC(=O)N(Cc2ccccc2F)[C@@H](C)C(=O)NC2CCCC2)c2ccc(F)cc2)cc1. The third-order valence-electron chi connectivity index (χ3n) is 7.21. The summed E-state index contributed by atoms with van der Waals surface area (Å²) in [5, 5.41) is 2.96. The number of nitrogens with zero attached hydrogens (tertiary/aromatic N) is 2. The van der Waals surface area contributed by atoms with Crippen LogP contribution in [0.5, 0.6) is 5.75 Å². The Bertz CT molecular complexity index is 1460. The maximum atomic E-state index is 14.7. The van der Waals surface area contributed by atoms with Crippen LogP contribution >= 0.6 is 0 Å². The Kier molecular flexibility index (Phi) is 9.59. The molecule has 0 aliphatic heterocycles. The molecule has 1 aliphatic carbocycles. The molecule has 11 heteroatoms. The zero-order chi connectivity index (χ0) is 29.6. The standard InChI is InChI=1S/C30H33F2N3O5S/c1-21(30(37)33-24-8-4-5-9-24)34(19-22-7-3-6-10-28(22)32)29(36)20-35(25-13-11-23(31)12-14-25)41(38,39)27-17-15-26(40-2)16-18-27/h3,6-7,10-18,21,24H,4-5,8-9,19-20H2,1-2H3,(H,33,37)/t21-/m0/s1. The van der Waals surface area contributed by atoms with Gasteiger partial charge in [-0.2, -0.15) is 0 Å². The molecule has 1 saturated carbocycles. The molecule has 1 atom stereocenters. The summed E-state index contributed by atoms with van der Waals surface area (Å²) in [6.07, 6.45) is 3.65. The molecule has 218 valence electrons. The Morgan fingerprint density at radius 2 is 1.61 bits per heavy atom. The third kappa shape index (κ3) is 7.21. The van der Waals surface area contributed by atoms with Gasteiger partial charge in [-0.1, -0.05) is 31.0 Å². The molecule has 3 aromatic rings. The lowest BCUT2D eigenvalue weighted by molar-refractivity contribution is -0.139. The van der Waals surface area contributed by atoms with Crippen LogP contribution in [-0.4, -0.2) is 50.9 Å². The molecule has 0 saturated heterocycles. The maximum Gasteiger partial charge on any atom is 0.264 e. The molecule has 0 aromatic heterocycles. The smallest absolute Gasteiger partial charge is 0.264 e. The van der Waals surface area contributed by atoms with Gasteiger partial charge in [-0.05, 0) is 74.4 Å². The van der Waals surface area contributed by atoms with Gasteiger partial charge in [-0.25, -0.2) is 17.2 Å². The van der Waals surface area contributed by atoms with Crippen LogP contribution in [0.25, 0.3) is 0 Å². The van der Waals surface area contributed by atoms with Crippen LogP contribution in [0.15, 0.2) is 77.7 Å². The lowest BCUT2D eigenvalue weighted by Crippen LogP contribution is -2.52. The average Bonchev–Trinajstić information content (AvgIpc) is 3.48. The number of hydrogen-bond donors (Lipinski definition) is 1. The van der Waals surface area contributed by atoms with E-state index >= 15 is 0 Å². The van der Waals surface area contributed by atoms with Crippen molar-refractivity contribution in [2.45, 2.75) is 56.1 Å². The monoisotopic (exact) mass is 585 g/mol. The van der Waals surface area contributed by atoms with E-state index in [0.717, 1.165) is 42.1 Å².